The summed E-state index contributed by atoms with van der Waals surface area (Å²) in [6.45, 7) is 0. The Hall–Kier alpha value is -3.33. The molecule has 0 unspecified atom stereocenters. The average Bonchev–Trinajstić information content (AvgIpc) is 2.97. The molecule has 22 heavy (non-hydrogen) atoms. The number of nitriles is 1. The van der Waals surface area contributed by atoms with Crippen molar-refractivity contribution >= 4 is 0 Å². The molecule has 0 aliphatic carbocycles. The van der Waals surface area contributed by atoms with Gasteiger partial charge in [0.2, 0.25) is 0 Å². The summed E-state index contributed by atoms with van der Waals surface area (Å²) in [6.07, 6.45) is 4.84. The number of benzene rings is 1. The van der Waals surface area contributed by atoms with Gasteiger partial charge in [0.25, 0.3) is 0 Å². The Balaban J connectivity index is 2.07. The summed E-state index contributed by atoms with van der Waals surface area (Å²) in [6, 6.07) is 10.8. The lowest BCUT2D eigenvalue weighted by Gasteiger charge is -2.05. The van der Waals surface area contributed by atoms with E-state index in [1.165, 1.54) is 13.3 Å². The fraction of sp³-hybridized carbons (Fsp3) is 0.0625. The number of hydrogen-bond acceptors (Lipinski definition) is 5. The van der Waals surface area contributed by atoms with Crippen LogP contribution in [0.5, 0.6) is 5.75 Å². The molecule has 0 aliphatic rings. The van der Waals surface area contributed by atoms with Crippen LogP contribution in [0.1, 0.15) is 5.56 Å². The van der Waals surface area contributed by atoms with E-state index in [-0.39, 0.29) is 0 Å². The highest BCUT2D eigenvalue weighted by molar-refractivity contribution is 5.66. The second kappa shape index (κ2) is 5.58. The topological polar surface area (TPSA) is 84.0 Å². The van der Waals surface area contributed by atoms with Crippen LogP contribution in [0, 0.1) is 11.3 Å². The lowest BCUT2D eigenvalue weighted by Crippen LogP contribution is -1.94. The molecule has 3 aromatic rings. The second-order valence-electron chi connectivity index (χ2n) is 4.56. The standard InChI is InChI=1S/C16H12N4O2/c1-22-15-5-4-11(7-13(15)8-17)16-19-14(10-20(16)21)12-3-2-6-18-9-12/h2-7,9-10,21H,1H3. The molecule has 0 atom stereocenters. The maximum atomic E-state index is 10.1. The van der Waals surface area contributed by atoms with Crippen LogP contribution >= 0.6 is 0 Å². The number of hydrogen-bond donors (Lipinski definition) is 1. The van der Waals surface area contributed by atoms with Gasteiger partial charge in [0, 0.05) is 23.5 Å². The van der Waals surface area contributed by atoms with Crippen molar-refractivity contribution in [2.75, 3.05) is 7.11 Å². The Morgan fingerprint density at radius 2 is 2.14 bits per heavy atom. The molecule has 0 spiro atoms. The first-order chi connectivity index (χ1) is 10.7. The smallest absolute Gasteiger partial charge is 0.175 e. The fourth-order valence-corrected chi connectivity index (χ4v) is 2.16. The predicted octanol–water partition coefficient (Wildman–Crippen LogP) is 2.73. The number of ether oxygens (including phenoxy) is 1. The molecule has 0 amide bonds. The average molecular weight is 292 g/mol. The molecule has 108 valence electrons. The molecule has 0 radical (unpaired) electrons. The molecule has 3 rings (SSSR count). The normalized spacial score (nSPS) is 10.2. The van der Waals surface area contributed by atoms with Gasteiger partial charge in [0.05, 0.1) is 24.6 Å². The lowest BCUT2D eigenvalue weighted by atomic mass is 10.1. The van der Waals surface area contributed by atoms with E-state index in [2.05, 4.69) is 16.0 Å². The Morgan fingerprint density at radius 1 is 1.27 bits per heavy atom. The number of methoxy groups -OCH3 is 1. The minimum Gasteiger partial charge on any atom is -0.495 e. The predicted molar refractivity (Wildman–Crippen MR) is 79.3 cm³/mol. The molecule has 0 saturated carbocycles. The molecule has 6 nitrogen and oxygen atoms in total. The maximum absolute atomic E-state index is 10.1. The van der Waals surface area contributed by atoms with Crippen molar-refractivity contribution in [3.63, 3.8) is 0 Å². The van der Waals surface area contributed by atoms with E-state index in [0.29, 0.717) is 28.4 Å². The van der Waals surface area contributed by atoms with Gasteiger partial charge < -0.3 is 9.94 Å². The van der Waals surface area contributed by atoms with Crippen molar-refractivity contribution in [3.8, 4) is 34.5 Å². The van der Waals surface area contributed by atoms with Crippen molar-refractivity contribution in [1.29, 1.82) is 5.26 Å². The molecule has 6 heteroatoms. The largest absolute Gasteiger partial charge is 0.495 e. The van der Waals surface area contributed by atoms with Gasteiger partial charge in [0.15, 0.2) is 5.82 Å². The first kappa shape index (κ1) is 13.6. The molecular formula is C16H12N4O2. The number of imidazole rings is 1. The Bertz CT molecular complexity index is 850. The molecule has 0 bridgehead atoms. The van der Waals surface area contributed by atoms with E-state index in [1.807, 2.05) is 6.07 Å². The van der Waals surface area contributed by atoms with Crippen LogP contribution in [0.2, 0.25) is 0 Å². The molecule has 0 aliphatic heterocycles. The number of aromatic nitrogens is 3. The Morgan fingerprint density at radius 3 is 2.82 bits per heavy atom. The quantitative estimate of drug-likeness (QED) is 0.750. The highest BCUT2D eigenvalue weighted by Gasteiger charge is 2.13. The summed E-state index contributed by atoms with van der Waals surface area (Å²) in [5.74, 6) is 0.827. The molecule has 2 heterocycles. The SMILES string of the molecule is COc1ccc(-c2nc(-c3cccnc3)cn2O)cc1C#N. The third kappa shape index (κ3) is 2.36. The summed E-state index contributed by atoms with van der Waals surface area (Å²) >= 11 is 0. The van der Waals surface area contributed by atoms with Gasteiger partial charge in [-0.25, -0.2) is 4.98 Å². The van der Waals surface area contributed by atoms with Gasteiger partial charge in [-0.05, 0) is 30.3 Å². The van der Waals surface area contributed by atoms with Crippen LogP contribution in [0.3, 0.4) is 0 Å². The van der Waals surface area contributed by atoms with Crippen molar-refractivity contribution in [2.24, 2.45) is 0 Å². The number of rotatable bonds is 3. The van der Waals surface area contributed by atoms with Crippen molar-refractivity contribution in [3.05, 3.63) is 54.5 Å². The van der Waals surface area contributed by atoms with Gasteiger partial charge in [0.1, 0.15) is 11.8 Å². The van der Waals surface area contributed by atoms with E-state index in [4.69, 9.17) is 10.00 Å². The van der Waals surface area contributed by atoms with Crippen LogP contribution in [0.15, 0.2) is 48.9 Å². The van der Waals surface area contributed by atoms with E-state index in [9.17, 15) is 5.21 Å². The molecule has 1 aromatic carbocycles. The number of pyridine rings is 1. The third-order valence-electron chi connectivity index (χ3n) is 3.22. The second-order valence-corrected chi connectivity index (χ2v) is 4.56. The van der Waals surface area contributed by atoms with E-state index < -0.39 is 0 Å². The molecule has 0 fully saturated rings. The van der Waals surface area contributed by atoms with Crippen molar-refractivity contribution < 1.29 is 9.94 Å². The summed E-state index contributed by atoms with van der Waals surface area (Å²) < 4.78 is 6.05. The first-order valence-corrected chi connectivity index (χ1v) is 6.50. The minimum atomic E-state index is 0.345. The van der Waals surface area contributed by atoms with Crippen molar-refractivity contribution in [1.82, 2.24) is 14.7 Å². The first-order valence-electron chi connectivity index (χ1n) is 6.50. The van der Waals surface area contributed by atoms with Crippen LogP contribution in [-0.2, 0) is 0 Å². The van der Waals surface area contributed by atoms with E-state index >= 15 is 0 Å². The Labute approximate surface area is 126 Å². The lowest BCUT2D eigenvalue weighted by molar-refractivity contribution is 0.191. The summed E-state index contributed by atoms with van der Waals surface area (Å²) in [5.41, 5.74) is 2.39. The van der Waals surface area contributed by atoms with E-state index in [1.54, 1.807) is 36.7 Å². The maximum Gasteiger partial charge on any atom is 0.175 e. The van der Waals surface area contributed by atoms with Gasteiger partial charge in [-0.3, -0.25) is 4.98 Å². The molecule has 2 aromatic heterocycles. The molecule has 1 N–H and O–H groups in total. The zero-order chi connectivity index (χ0) is 15.5. The highest BCUT2D eigenvalue weighted by Crippen LogP contribution is 2.27. The minimum absolute atomic E-state index is 0.345. The summed E-state index contributed by atoms with van der Waals surface area (Å²) in [7, 11) is 1.50. The van der Waals surface area contributed by atoms with Gasteiger partial charge in [-0.2, -0.15) is 9.99 Å². The van der Waals surface area contributed by atoms with Gasteiger partial charge in [-0.15, -0.1) is 0 Å². The summed E-state index contributed by atoms with van der Waals surface area (Å²) in [5, 5.41) is 19.2. The van der Waals surface area contributed by atoms with Crippen LogP contribution in [0.4, 0.5) is 0 Å². The van der Waals surface area contributed by atoms with Crippen LogP contribution < -0.4 is 4.74 Å². The summed E-state index contributed by atoms with van der Waals surface area (Å²) in [4.78, 5) is 8.44. The van der Waals surface area contributed by atoms with Gasteiger partial charge in [-0.1, -0.05) is 0 Å². The van der Waals surface area contributed by atoms with Gasteiger partial charge >= 0.3 is 0 Å². The zero-order valence-electron chi connectivity index (χ0n) is 11.8. The van der Waals surface area contributed by atoms with E-state index in [0.717, 1.165) is 10.3 Å². The monoisotopic (exact) mass is 292 g/mol. The zero-order valence-corrected chi connectivity index (χ0v) is 11.8. The van der Waals surface area contributed by atoms with Crippen molar-refractivity contribution in [2.45, 2.75) is 0 Å². The molecule has 0 saturated heterocycles. The third-order valence-corrected chi connectivity index (χ3v) is 3.22. The fourth-order valence-electron chi connectivity index (χ4n) is 2.16. The molecular weight excluding hydrogens is 280 g/mol. The number of nitrogens with zero attached hydrogens (tertiary/aromatic N) is 4. The highest BCUT2D eigenvalue weighted by atomic mass is 16.5. The Kier molecular flexibility index (Phi) is 3.46. The van der Waals surface area contributed by atoms with Crippen LogP contribution in [-0.4, -0.2) is 27.0 Å². The van der Waals surface area contributed by atoms with Crippen LogP contribution in [0.25, 0.3) is 22.6 Å².